The van der Waals surface area contributed by atoms with E-state index in [2.05, 4.69) is 26.5 Å². The van der Waals surface area contributed by atoms with Crippen molar-refractivity contribution in [2.45, 2.75) is 6.92 Å². The molecule has 0 aliphatic carbocycles. The summed E-state index contributed by atoms with van der Waals surface area (Å²) >= 11 is 3.37. The fraction of sp³-hybridized carbons (Fsp3) is 0.111. The van der Waals surface area contributed by atoms with E-state index in [1.807, 2.05) is 19.1 Å². The van der Waals surface area contributed by atoms with Crippen LogP contribution < -0.4 is 10.2 Å². The minimum atomic E-state index is -0.451. The largest absolute Gasteiger partial charge is 0.504 e. The molecule has 0 saturated heterocycles. The van der Waals surface area contributed by atoms with Crippen LogP contribution in [0.3, 0.4) is 0 Å². The molecule has 0 fully saturated rings. The molecule has 25 heavy (non-hydrogen) atoms. The summed E-state index contributed by atoms with van der Waals surface area (Å²) < 4.78 is 11.7. The molecule has 0 radical (unpaired) electrons. The summed E-state index contributed by atoms with van der Waals surface area (Å²) in [6.45, 7) is 2.26. The maximum Gasteiger partial charge on any atom is 0.307 e. The Labute approximate surface area is 152 Å². The molecule has 3 rings (SSSR count). The van der Waals surface area contributed by atoms with Crippen molar-refractivity contribution in [2.24, 2.45) is 5.10 Å². The van der Waals surface area contributed by atoms with Gasteiger partial charge in [-0.3, -0.25) is 4.79 Å². The van der Waals surface area contributed by atoms with Crippen molar-refractivity contribution in [3.63, 3.8) is 0 Å². The Hall–Kier alpha value is -2.80. The maximum absolute atomic E-state index is 12.1. The number of rotatable bonds is 5. The van der Waals surface area contributed by atoms with Gasteiger partial charge in [-0.1, -0.05) is 15.9 Å². The fourth-order valence-electron chi connectivity index (χ4n) is 2.23. The Morgan fingerprint density at radius 2 is 2.16 bits per heavy atom. The van der Waals surface area contributed by atoms with Gasteiger partial charge in [0.1, 0.15) is 5.58 Å². The highest BCUT2D eigenvalue weighted by Gasteiger charge is 2.11. The van der Waals surface area contributed by atoms with Crippen LogP contribution in [0.4, 0.5) is 0 Å². The lowest BCUT2D eigenvalue weighted by atomic mass is 10.2. The summed E-state index contributed by atoms with van der Waals surface area (Å²) in [6.07, 6.45) is 1.46. The van der Waals surface area contributed by atoms with E-state index in [0.717, 1.165) is 9.86 Å². The van der Waals surface area contributed by atoms with Crippen LogP contribution in [0.2, 0.25) is 0 Å². The van der Waals surface area contributed by atoms with Crippen molar-refractivity contribution < 1.29 is 19.1 Å². The Balaban J connectivity index is 1.70. The van der Waals surface area contributed by atoms with E-state index in [4.69, 9.17) is 9.15 Å². The van der Waals surface area contributed by atoms with E-state index < -0.39 is 5.91 Å². The standard InChI is InChI=1S/C18H15BrN2O4/c1-2-24-16-7-11(3-5-14(16)22)10-20-21-18(23)17-9-12-8-13(19)4-6-15(12)25-17/h3-10,22H,2H2,1H3,(H,21,23)/b20-10+. The third-order valence-corrected chi connectivity index (χ3v) is 3.86. The van der Waals surface area contributed by atoms with Crippen LogP contribution in [0, 0.1) is 0 Å². The smallest absolute Gasteiger partial charge is 0.307 e. The first-order chi connectivity index (χ1) is 12.1. The van der Waals surface area contributed by atoms with Gasteiger partial charge in [0, 0.05) is 9.86 Å². The van der Waals surface area contributed by atoms with Crippen LogP contribution in [-0.2, 0) is 0 Å². The van der Waals surface area contributed by atoms with E-state index in [0.29, 0.717) is 23.5 Å². The SMILES string of the molecule is CCOc1cc(/C=N/NC(=O)c2cc3cc(Br)ccc3o2)ccc1O. The van der Waals surface area contributed by atoms with Crippen molar-refractivity contribution in [2.75, 3.05) is 6.61 Å². The molecule has 3 aromatic rings. The number of amides is 1. The molecule has 6 nitrogen and oxygen atoms in total. The maximum atomic E-state index is 12.1. The van der Waals surface area contributed by atoms with Gasteiger partial charge in [0.25, 0.3) is 0 Å². The number of aromatic hydroxyl groups is 1. The molecule has 2 aromatic carbocycles. The predicted molar refractivity (Wildman–Crippen MR) is 98.2 cm³/mol. The average molecular weight is 403 g/mol. The number of hydrogen-bond acceptors (Lipinski definition) is 5. The minimum absolute atomic E-state index is 0.0523. The molecular formula is C18H15BrN2O4. The van der Waals surface area contributed by atoms with Crippen LogP contribution in [0.5, 0.6) is 11.5 Å². The summed E-state index contributed by atoms with van der Waals surface area (Å²) in [5.41, 5.74) is 3.71. The van der Waals surface area contributed by atoms with Gasteiger partial charge < -0.3 is 14.3 Å². The van der Waals surface area contributed by atoms with Gasteiger partial charge in [-0.05, 0) is 55.0 Å². The number of furan rings is 1. The van der Waals surface area contributed by atoms with Crippen molar-refractivity contribution >= 4 is 39.0 Å². The molecule has 0 saturated carbocycles. The highest BCUT2D eigenvalue weighted by Crippen LogP contribution is 2.26. The molecule has 1 aromatic heterocycles. The molecule has 128 valence electrons. The number of phenolic OH excluding ortho intramolecular Hbond substituents is 1. The van der Waals surface area contributed by atoms with Crippen LogP contribution in [0.25, 0.3) is 11.0 Å². The number of halogens is 1. The van der Waals surface area contributed by atoms with Crippen LogP contribution in [0.15, 0.2) is 56.5 Å². The Kier molecular flexibility index (Phi) is 5.04. The lowest BCUT2D eigenvalue weighted by Crippen LogP contribution is -2.16. The summed E-state index contributed by atoms with van der Waals surface area (Å²) in [5, 5.41) is 14.4. The molecule has 2 N–H and O–H groups in total. The third kappa shape index (κ3) is 4.00. The van der Waals surface area contributed by atoms with E-state index >= 15 is 0 Å². The lowest BCUT2D eigenvalue weighted by molar-refractivity contribution is 0.0929. The molecule has 0 aliphatic heterocycles. The first-order valence-electron chi connectivity index (χ1n) is 7.55. The van der Waals surface area contributed by atoms with E-state index in [1.165, 1.54) is 12.3 Å². The zero-order chi connectivity index (χ0) is 17.8. The zero-order valence-corrected chi connectivity index (χ0v) is 14.9. The summed E-state index contributed by atoms with van der Waals surface area (Å²) in [6, 6.07) is 11.9. The molecule has 1 amide bonds. The molecule has 0 aliphatic rings. The van der Waals surface area contributed by atoms with E-state index in [9.17, 15) is 9.90 Å². The molecule has 1 heterocycles. The van der Waals surface area contributed by atoms with Crippen LogP contribution in [0.1, 0.15) is 23.0 Å². The number of nitrogens with zero attached hydrogens (tertiary/aromatic N) is 1. The lowest BCUT2D eigenvalue weighted by Gasteiger charge is -2.05. The highest BCUT2D eigenvalue weighted by molar-refractivity contribution is 9.10. The third-order valence-electron chi connectivity index (χ3n) is 3.37. The van der Waals surface area contributed by atoms with Crippen molar-refractivity contribution in [1.29, 1.82) is 0 Å². The van der Waals surface area contributed by atoms with Gasteiger partial charge in [-0.25, -0.2) is 5.43 Å². The van der Waals surface area contributed by atoms with Crippen molar-refractivity contribution in [3.8, 4) is 11.5 Å². The second-order valence-corrected chi connectivity index (χ2v) is 6.07. The van der Waals surface area contributed by atoms with Gasteiger partial charge >= 0.3 is 5.91 Å². The summed E-state index contributed by atoms with van der Waals surface area (Å²) in [5.74, 6) is 0.135. The molecule has 0 unspecified atom stereocenters. The second-order valence-electron chi connectivity index (χ2n) is 5.15. The molecule has 7 heteroatoms. The first-order valence-corrected chi connectivity index (χ1v) is 8.34. The van der Waals surface area contributed by atoms with E-state index in [-0.39, 0.29) is 11.5 Å². The Morgan fingerprint density at radius 1 is 1.32 bits per heavy atom. The topological polar surface area (TPSA) is 84.1 Å². The zero-order valence-electron chi connectivity index (χ0n) is 13.3. The average Bonchev–Trinajstić information content (AvgIpc) is 3.01. The quantitative estimate of drug-likeness (QED) is 0.497. The number of fused-ring (bicyclic) bond motifs is 1. The second kappa shape index (κ2) is 7.40. The van der Waals surface area contributed by atoms with Gasteiger partial charge in [-0.2, -0.15) is 5.10 Å². The fourth-order valence-corrected chi connectivity index (χ4v) is 2.61. The van der Waals surface area contributed by atoms with Gasteiger partial charge in [-0.15, -0.1) is 0 Å². The molecule has 0 spiro atoms. The monoisotopic (exact) mass is 402 g/mol. The van der Waals surface area contributed by atoms with E-state index in [1.54, 1.807) is 24.3 Å². The van der Waals surface area contributed by atoms with Crippen LogP contribution in [-0.4, -0.2) is 23.8 Å². The molecule has 0 bridgehead atoms. The van der Waals surface area contributed by atoms with Crippen molar-refractivity contribution in [1.82, 2.24) is 5.43 Å². The van der Waals surface area contributed by atoms with Crippen molar-refractivity contribution in [3.05, 3.63) is 58.3 Å². The van der Waals surface area contributed by atoms with Gasteiger partial charge in [0.05, 0.1) is 12.8 Å². The number of phenols is 1. The van der Waals surface area contributed by atoms with Gasteiger partial charge in [0.15, 0.2) is 17.3 Å². The number of hydrazone groups is 1. The number of benzene rings is 2. The predicted octanol–water partition coefficient (Wildman–Crippen LogP) is 4.06. The normalized spacial score (nSPS) is 11.1. The summed E-state index contributed by atoms with van der Waals surface area (Å²) in [4.78, 5) is 12.1. The highest BCUT2D eigenvalue weighted by atomic mass is 79.9. The molecular weight excluding hydrogens is 388 g/mol. The Bertz CT molecular complexity index is 949. The number of ether oxygens (including phenoxy) is 1. The van der Waals surface area contributed by atoms with Gasteiger partial charge in [0.2, 0.25) is 0 Å². The Morgan fingerprint density at radius 3 is 2.96 bits per heavy atom. The molecule has 0 atom stereocenters. The number of carbonyl (C=O) groups is 1. The number of nitrogens with one attached hydrogen (secondary N) is 1. The first kappa shape index (κ1) is 17.0. The minimum Gasteiger partial charge on any atom is -0.504 e. The van der Waals surface area contributed by atoms with Crippen LogP contribution >= 0.6 is 15.9 Å². The number of hydrogen-bond donors (Lipinski definition) is 2. The number of carbonyl (C=O) groups excluding carboxylic acids is 1. The summed E-state index contributed by atoms with van der Waals surface area (Å²) in [7, 11) is 0.